The van der Waals surface area contributed by atoms with E-state index in [9.17, 15) is 37.0 Å². The van der Waals surface area contributed by atoms with Crippen molar-refractivity contribution in [2.45, 2.75) is 60.9 Å². The van der Waals surface area contributed by atoms with Gasteiger partial charge in [-0.2, -0.15) is 0 Å². The monoisotopic (exact) mass is 570 g/mol. The Balaban J connectivity index is 1.51. The van der Waals surface area contributed by atoms with Gasteiger partial charge in [0.15, 0.2) is 21.5 Å². The smallest absolute Gasteiger partial charge is 0.255 e. The molecule has 2 amide bonds. The lowest BCUT2D eigenvalue weighted by Gasteiger charge is -2.42. The number of nitrogens with one attached hydrogen (secondary N) is 2. The molecule has 3 unspecified atom stereocenters. The second-order valence-electron chi connectivity index (χ2n) is 10.2. The minimum Gasteiger partial charge on any atom is -0.393 e. The predicted molar refractivity (Wildman–Crippen MR) is 136 cm³/mol. The van der Waals surface area contributed by atoms with Crippen LogP contribution in [0.25, 0.3) is 0 Å². The Bertz CT molecular complexity index is 1340. The summed E-state index contributed by atoms with van der Waals surface area (Å²) < 4.78 is 54.0. The Morgan fingerprint density at radius 1 is 1.11 bits per heavy atom. The number of rotatable bonds is 8. The molecule has 2 aliphatic carbocycles. The number of aliphatic hydroxyl groups is 2. The molecule has 2 saturated carbocycles. The van der Waals surface area contributed by atoms with E-state index in [1.54, 1.807) is 0 Å². The molecule has 4 rings (SSSR count). The van der Waals surface area contributed by atoms with Gasteiger partial charge in [0.05, 0.1) is 33.3 Å². The number of benzene rings is 2. The van der Waals surface area contributed by atoms with Gasteiger partial charge < -0.3 is 20.8 Å². The van der Waals surface area contributed by atoms with E-state index in [0.29, 0.717) is 12.8 Å². The third kappa shape index (κ3) is 5.70. The number of hydrogen-bond donors (Lipinski definition) is 4. The van der Waals surface area contributed by atoms with Crippen molar-refractivity contribution in [1.29, 1.82) is 0 Å². The summed E-state index contributed by atoms with van der Waals surface area (Å²) >= 11 is 6.25. The Kier molecular flexibility index (Phi) is 8.13. The van der Waals surface area contributed by atoms with Crippen molar-refractivity contribution in [2.75, 3.05) is 11.9 Å². The fraction of sp³-hybridized carbons (Fsp3) is 0.462. The average molecular weight is 571 g/mol. The van der Waals surface area contributed by atoms with Crippen LogP contribution in [0.4, 0.5) is 14.5 Å². The summed E-state index contributed by atoms with van der Waals surface area (Å²) in [5, 5.41) is 24.9. The van der Waals surface area contributed by atoms with E-state index in [2.05, 4.69) is 10.6 Å². The van der Waals surface area contributed by atoms with Crippen LogP contribution >= 0.6 is 11.6 Å². The van der Waals surface area contributed by atoms with E-state index in [1.807, 2.05) is 0 Å². The highest BCUT2D eigenvalue weighted by Gasteiger charge is 2.55. The first kappa shape index (κ1) is 28.4. The summed E-state index contributed by atoms with van der Waals surface area (Å²) in [7, 11) is -4.01. The molecular weight excluding hydrogens is 542 g/mol. The van der Waals surface area contributed by atoms with Gasteiger partial charge in [0.25, 0.3) is 5.91 Å². The Morgan fingerprint density at radius 3 is 2.37 bits per heavy atom. The van der Waals surface area contributed by atoms with E-state index in [0.717, 1.165) is 18.2 Å². The van der Waals surface area contributed by atoms with Crippen LogP contribution < -0.4 is 10.6 Å². The highest BCUT2D eigenvalue weighted by molar-refractivity contribution is 7.92. The van der Waals surface area contributed by atoms with Crippen molar-refractivity contribution in [3.8, 4) is 0 Å². The van der Waals surface area contributed by atoms with Gasteiger partial charge in [-0.3, -0.25) is 9.59 Å². The molecule has 12 heteroatoms. The molecule has 8 nitrogen and oxygen atoms in total. The summed E-state index contributed by atoms with van der Waals surface area (Å²) in [5.74, 6) is -4.07. The van der Waals surface area contributed by atoms with E-state index >= 15 is 0 Å². The maximum atomic E-state index is 13.7. The number of sulfone groups is 1. The third-order valence-electron chi connectivity index (χ3n) is 7.54. The highest BCUT2D eigenvalue weighted by Crippen LogP contribution is 2.52. The SMILES string of the molecule is C[C@H](O)CC(=O)NCC1(O)C2CC[C@@H]1CC(S(=O)(=O)c1cc(C(=O)Nc3ccc(F)c(F)c3)ccc1Cl)C2. The zero-order valence-electron chi connectivity index (χ0n) is 20.6. The number of carbonyl (C=O) groups is 2. The molecule has 2 aromatic rings. The van der Waals surface area contributed by atoms with Crippen molar-refractivity contribution in [1.82, 2.24) is 5.32 Å². The molecule has 2 fully saturated rings. The van der Waals surface area contributed by atoms with Crippen LogP contribution in [0.2, 0.25) is 5.02 Å². The second kappa shape index (κ2) is 10.9. The molecule has 0 heterocycles. The first-order valence-corrected chi connectivity index (χ1v) is 14.2. The normalized spacial score (nSPS) is 25.6. The number of amides is 2. The molecule has 4 N–H and O–H groups in total. The highest BCUT2D eigenvalue weighted by atomic mass is 35.5. The van der Waals surface area contributed by atoms with Crippen LogP contribution in [0, 0.1) is 23.5 Å². The van der Waals surface area contributed by atoms with Crippen LogP contribution in [0.5, 0.6) is 0 Å². The number of anilines is 1. The predicted octanol–water partition coefficient (Wildman–Crippen LogP) is 3.45. The maximum Gasteiger partial charge on any atom is 0.255 e. The van der Waals surface area contributed by atoms with E-state index in [4.69, 9.17) is 11.6 Å². The summed E-state index contributed by atoms with van der Waals surface area (Å²) in [5.41, 5.74) is -1.29. The molecule has 206 valence electrons. The molecule has 0 aromatic heterocycles. The Labute approximate surface area is 224 Å². The average Bonchev–Trinajstić information content (AvgIpc) is 3.00. The maximum absolute atomic E-state index is 13.7. The molecular formula is C26H29ClF2N2O6S. The lowest BCUT2D eigenvalue weighted by Crippen LogP contribution is -2.54. The van der Waals surface area contributed by atoms with E-state index in [1.165, 1.54) is 25.1 Å². The van der Waals surface area contributed by atoms with Crippen molar-refractivity contribution in [3.05, 3.63) is 58.6 Å². The minimum atomic E-state index is -4.01. The molecule has 2 aliphatic rings. The number of halogens is 3. The Hall–Kier alpha value is -2.60. The standard InChI is InChI=1S/C26H29ClF2N2O6S/c1-14(32)8-24(33)30-13-26(35)16-3-4-17(26)11-19(10-16)38(36,37)23-9-15(2-6-20(23)27)25(34)31-18-5-7-21(28)22(29)12-18/h2,5-7,9,12,14,16-17,19,32,35H,3-4,8,10-11,13H2,1H3,(H,30,33)(H,31,34)/t14-,16+,17?,19?,26?/m0/s1. The van der Waals surface area contributed by atoms with Crippen LogP contribution in [0.3, 0.4) is 0 Å². The quantitative estimate of drug-likeness (QED) is 0.384. The lowest BCUT2D eigenvalue weighted by molar-refractivity contribution is -0.126. The topological polar surface area (TPSA) is 133 Å². The molecule has 2 bridgehead atoms. The van der Waals surface area contributed by atoms with E-state index < -0.39 is 50.2 Å². The minimum absolute atomic E-state index is 0.00284. The van der Waals surface area contributed by atoms with Crippen LogP contribution in [-0.2, 0) is 14.6 Å². The van der Waals surface area contributed by atoms with Crippen molar-refractivity contribution >= 4 is 38.9 Å². The molecule has 0 spiro atoms. The number of hydrogen-bond acceptors (Lipinski definition) is 6. The van der Waals surface area contributed by atoms with Gasteiger partial charge >= 0.3 is 0 Å². The molecule has 5 atom stereocenters. The van der Waals surface area contributed by atoms with Gasteiger partial charge in [-0.25, -0.2) is 17.2 Å². The van der Waals surface area contributed by atoms with Crippen molar-refractivity contribution in [3.63, 3.8) is 0 Å². The molecule has 2 aromatic carbocycles. The molecule has 38 heavy (non-hydrogen) atoms. The summed E-state index contributed by atoms with van der Waals surface area (Å²) in [6.45, 7) is 1.46. The van der Waals surface area contributed by atoms with Crippen LogP contribution in [-0.4, -0.2) is 53.9 Å². The molecule has 0 aliphatic heterocycles. The fourth-order valence-corrected chi connectivity index (χ4v) is 7.95. The van der Waals surface area contributed by atoms with E-state index in [-0.39, 0.29) is 58.8 Å². The van der Waals surface area contributed by atoms with Crippen molar-refractivity contribution in [2.24, 2.45) is 11.8 Å². The first-order valence-electron chi connectivity index (χ1n) is 12.3. The first-order chi connectivity index (χ1) is 17.8. The van der Waals surface area contributed by atoms with Gasteiger partial charge in [-0.15, -0.1) is 0 Å². The lowest BCUT2D eigenvalue weighted by atomic mass is 9.74. The van der Waals surface area contributed by atoms with Gasteiger partial charge in [-0.05, 0) is 74.8 Å². The van der Waals surface area contributed by atoms with Gasteiger partial charge in [0.1, 0.15) is 0 Å². The number of fused-ring (bicyclic) bond motifs is 2. The fourth-order valence-electron chi connectivity index (χ4n) is 5.55. The molecule has 0 saturated heterocycles. The summed E-state index contributed by atoms with van der Waals surface area (Å²) in [4.78, 5) is 24.5. The van der Waals surface area contributed by atoms with Gasteiger partial charge in [0.2, 0.25) is 5.91 Å². The Morgan fingerprint density at radius 2 is 1.76 bits per heavy atom. The summed E-state index contributed by atoms with van der Waals surface area (Å²) in [6, 6.07) is 6.63. The third-order valence-corrected chi connectivity index (χ3v) is 10.2. The van der Waals surface area contributed by atoms with Gasteiger partial charge in [-0.1, -0.05) is 11.6 Å². The van der Waals surface area contributed by atoms with Crippen molar-refractivity contribution < 1.29 is 37.0 Å². The number of aliphatic hydroxyl groups excluding tert-OH is 1. The number of carbonyl (C=O) groups excluding carboxylic acids is 2. The second-order valence-corrected chi connectivity index (χ2v) is 12.8. The zero-order valence-corrected chi connectivity index (χ0v) is 22.2. The molecule has 0 radical (unpaired) electrons. The van der Waals surface area contributed by atoms with Crippen LogP contribution in [0.1, 0.15) is 49.4 Å². The van der Waals surface area contributed by atoms with Crippen LogP contribution in [0.15, 0.2) is 41.3 Å². The summed E-state index contributed by atoms with van der Waals surface area (Å²) in [6.07, 6.45) is 0.600. The largest absolute Gasteiger partial charge is 0.393 e. The zero-order chi connectivity index (χ0) is 27.8. The van der Waals surface area contributed by atoms with Gasteiger partial charge in [0, 0.05) is 23.9 Å².